The molecule has 3 rings (SSSR count). The Morgan fingerprint density at radius 3 is 2.72 bits per heavy atom. The summed E-state index contributed by atoms with van der Waals surface area (Å²) in [5.74, 6) is 0.787. The van der Waals surface area contributed by atoms with Gasteiger partial charge in [-0.05, 0) is 32.1 Å². The molecule has 1 fully saturated rings. The van der Waals surface area contributed by atoms with E-state index >= 15 is 0 Å². The summed E-state index contributed by atoms with van der Waals surface area (Å²) in [4.78, 5) is 14.1. The van der Waals surface area contributed by atoms with Crippen LogP contribution in [0.4, 0.5) is 0 Å². The second-order valence-corrected chi connectivity index (χ2v) is 6.63. The van der Waals surface area contributed by atoms with Gasteiger partial charge in [0.15, 0.2) is 0 Å². The molecule has 0 radical (unpaired) electrons. The van der Waals surface area contributed by atoms with Crippen LogP contribution in [0.2, 0.25) is 0 Å². The summed E-state index contributed by atoms with van der Waals surface area (Å²) >= 11 is 0. The fraction of sp³-hybridized carbons (Fsp3) is 0.421. The number of rotatable bonds is 7. The van der Waals surface area contributed by atoms with Crippen molar-refractivity contribution in [2.75, 3.05) is 0 Å². The van der Waals surface area contributed by atoms with Gasteiger partial charge in [-0.2, -0.15) is 0 Å². The first-order valence-corrected chi connectivity index (χ1v) is 8.62. The number of benzene rings is 1. The summed E-state index contributed by atoms with van der Waals surface area (Å²) in [6.45, 7) is 8.15. The lowest BCUT2D eigenvalue weighted by Crippen LogP contribution is -2.50. The van der Waals surface area contributed by atoms with E-state index in [4.69, 9.17) is 4.74 Å². The molecule has 0 atom stereocenters. The highest BCUT2D eigenvalue weighted by molar-refractivity contribution is 5.87. The third-order valence-corrected chi connectivity index (χ3v) is 4.43. The SMILES string of the molecule is C=CC(=O)N(Cc1cn(C(C)C)nn1)C1CC(Oc2ccccc2)C1. The van der Waals surface area contributed by atoms with E-state index in [-0.39, 0.29) is 24.1 Å². The lowest BCUT2D eigenvalue weighted by atomic mass is 9.87. The van der Waals surface area contributed by atoms with Gasteiger partial charge in [0.1, 0.15) is 17.5 Å². The maximum absolute atomic E-state index is 12.3. The van der Waals surface area contributed by atoms with Crippen molar-refractivity contribution >= 4 is 5.91 Å². The van der Waals surface area contributed by atoms with E-state index < -0.39 is 0 Å². The van der Waals surface area contributed by atoms with Crippen LogP contribution in [0.25, 0.3) is 0 Å². The van der Waals surface area contributed by atoms with Gasteiger partial charge in [-0.3, -0.25) is 4.79 Å². The molecule has 25 heavy (non-hydrogen) atoms. The van der Waals surface area contributed by atoms with Crippen molar-refractivity contribution in [3.8, 4) is 5.75 Å². The number of ether oxygens (including phenoxy) is 1. The van der Waals surface area contributed by atoms with Crippen LogP contribution in [0.3, 0.4) is 0 Å². The lowest BCUT2D eigenvalue weighted by Gasteiger charge is -2.42. The van der Waals surface area contributed by atoms with E-state index in [9.17, 15) is 4.79 Å². The zero-order valence-electron chi connectivity index (χ0n) is 14.7. The van der Waals surface area contributed by atoms with E-state index in [1.165, 1.54) is 6.08 Å². The normalized spacial score (nSPS) is 19.3. The summed E-state index contributed by atoms with van der Waals surface area (Å²) in [7, 11) is 0. The van der Waals surface area contributed by atoms with E-state index in [1.54, 1.807) is 4.68 Å². The van der Waals surface area contributed by atoms with Crippen molar-refractivity contribution < 1.29 is 9.53 Å². The van der Waals surface area contributed by atoms with Crippen LogP contribution in [0.1, 0.15) is 38.4 Å². The van der Waals surface area contributed by atoms with Crippen molar-refractivity contribution in [3.63, 3.8) is 0 Å². The third-order valence-electron chi connectivity index (χ3n) is 4.43. The Kier molecular flexibility index (Phi) is 5.16. The fourth-order valence-corrected chi connectivity index (χ4v) is 2.90. The molecule has 1 heterocycles. The number of hydrogen-bond donors (Lipinski definition) is 0. The predicted octanol–water partition coefficient (Wildman–Crippen LogP) is 2.98. The number of para-hydroxylation sites is 1. The minimum absolute atomic E-state index is 0.0812. The van der Waals surface area contributed by atoms with Gasteiger partial charge in [0.05, 0.1) is 12.7 Å². The molecule has 0 bridgehead atoms. The van der Waals surface area contributed by atoms with Gasteiger partial charge in [-0.15, -0.1) is 5.10 Å². The molecule has 0 saturated heterocycles. The van der Waals surface area contributed by atoms with Gasteiger partial charge in [0, 0.05) is 24.9 Å². The molecule has 0 aliphatic heterocycles. The van der Waals surface area contributed by atoms with Crippen LogP contribution in [-0.2, 0) is 11.3 Å². The molecular formula is C19H24N4O2. The zero-order valence-corrected chi connectivity index (χ0v) is 14.7. The summed E-state index contributed by atoms with van der Waals surface area (Å²) < 4.78 is 7.73. The third kappa shape index (κ3) is 4.07. The topological polar surface area (TPSA) is 60.2 Å². The lowest BCUT2D eigenvalue weighted by molar-refractivity contribution is -0.133. The molecule has 1 aromatic heterocycles. The van der Waals surface area contributed by atoms with Gasteiger partial charge in [-0.1, -0.05) is 30.0 Å². The average Bonchev–Trinajstić information content (AvgIpc) is 3.05. The zero-order chi connectivity index (χ0) is 17.8. The van der Waals surface area contributed by atoms with Crippen molar-refractivity contribution in [2.24, 2.45) is 0 Å². The first-order chi connectivity index (χ1) is 12.1. The van der Waals surface area contributed by atoms with Crippen molar-refractivity contribution in [3.05, 3.63) is 54.9 Å². The molecule has 0 N–H and O–H groups in total. The van der Waals surface area contributed by atoms with E-state index in [1.807, 2.05) is 55.3 Å². The quantitative estimate of drug-likeness (QED) is 0.727. The van der Waals surface area contributed by atoms with Crippen molar-refractivity contribution in [1.82, 2.24) is 19.9 Å². The highest BCUT2D eigenvalue weighted by Gasteiger charge is 2.37. The van der Waals surface area contributed by atoms with Gasteiger partial charge in [0.25, 0.3) is 0 Å². The molecule has 0 unspecified atom stereocenters. The Bertz CT molecular complexity index is 720. The molecule has 1 amide bonds. The second kappa shape index (κ2) is 7.51. The van der Waals surface area contributed by atoms with Gasteiger partial charge >= 0.3 is 0 Å². The Labute approximate surface area is 148 Å². The number of carbonyl (C=O) groups is 1. The average molecular weight is 340 g/mol. The Morgan fingerprint density at radius 2 is 2.12 bits per heavy atom. The summed E-state index contributed by atoms with van der Waals surface area (Å²) in [6.07, 6.45) is 5.02. The van der Waals surface area contributed by atoms with Crippen LogP contribution >= 0.6 is 0 Å². The number of hydrogen-bond acceptors (Lipinski definition) is 4. The first kappa shape index (κ1) is 17.2. The molecule has 132 valence electrons. The second-order valence-electron chi connectivity index (χ2n) is 6.63. The highest BCUT2D eigenvalue weighted by Crippen LogP contribution is 2.31. The summed E-state index contributed by atoms with van der Waals surface area (Å²) in [6, 6.07) is 10.2. The van der Waals surface area contributed by atoms with Crippen LogP contribution < -0.4 is 4.74 Å². The number of nitrogens with zero attached hydrogens (tertiary/aromatic N) is 4. The first-order valence-electron chi connectivity index (χ1n) is 8.62. The Morgan fingerprint density at radius 1 is 1.40 bits per heavy atom. The Balaban J connectivity index is 1.60. The maximum atomic E-state index is 12.3. The maximum Gasteiger partial charge on any atom is 0.246 e. The predicted molar refractivity (Wildman–Crippen MR) is 95.0 cm³/mol. The minimum Gasteiger partial charge on any atom is -0.490 e. The molecule has 0 spiro atoms. The van der Waals surface area contributed by atoms with Crippen LogP contribution in [0.15, 0.2) is 49.2 Å². The smallest absolute Gasteiger partial charge is 0.246 e. The number of amides is 1. The molecule has 2 aromatic rings. The monoisotopic (exact) mass is 340 g/mol. The molecular weight excluding hydrogens is 316 g/mol. The molecule has 1 aromatic carbocycles. The van der Waals surface area contributed by atoms with E-state index in [0.717, 1.165) is 24.3 Å². The Hall–Kier alpha value is -2.63. The van der Waals surface area contributed by atoms with Crippen molar-refractivity contribution in [2.45, 2.75) is 51.4 Å². The van der Waals surface area contributed by atoms with Gasteiger partial charge in [0.2, 0.25) is 5.91 Å². The van der Waals surface area contributed by atoms with Gasteiger partial charge in [-0.25, -0.2) is 4.68 Å². The summed E-state index contributed by atoms with van der Waals surface area (Å²) in [5.41, 5.74) is 0.788. The number of aromatic nitrogens is 3. The van der Waals surface area contributed by atoms with Crippen LogP contribution in [0.5, 0.6) is 5.75 Å². The standard InChI is InChI=1S/C19H24N4O2/c1-4-19(24)22(12-15-13-23(14(2)3)21-20-15)16-10-18(11-16)25-17-8-6-5-7-9-17/h4-9,13-14,16,18H,1,10-12H2,2-3H3. The van der Waals surface area contributed by atoms with Crippen LogP contribution in [0, 0.1) is 0 Å². The largest absolute Gasteiger partial charge is 0.490 e. The molecule has 1 aliphatic carbocycles. The van der Waals surface area contributed by atoms with E-state index in [0.29, 0.717) is 6.54 Å². The molecule has 1 aliphatic rings. The van der Waals surface area contributed by atoms with Crippen LogP contribution in [-0.4, -0.2) is 37.9 Å². The molecule has 6 heteroatoms. The van der Waals surface area contributed by atoms with Crippen molar-refractivity contribution in [1.29, 1.82) is 0 Å². The molecule has 1 saturated carbocycles. The van der Waals surface area contributed by atoms with Gasteiger partial charge < -0.3 is 9.64 Å². The molecule has 6 nitrogen and oxygen atoms in total. The fourth-order valence-electron chi connectivity index (χ4n) is 2.90. The van der Waals surface area contributed by atoms with E-state index in [2.05, 4.69) is 16.9 Å². The highest BCUT2D eigenvalue weighted by atomic mass is 16.5. The number of carbonyl (C=O) groups excluding carboxylic acids is 1. The summed E-state index contributed by atoms with van der Waals surface area (Å²) in [5, 5.41) is 8.28. The minimum atomic E-state index is -0.0812.